The van der Waals surface area contributed by atoms with Gasteiger partial charge in [0.2, 0.25) is 0 Å². The number of carbonyl (C=O) groups excluding carboxylic acids is 3. The second-order valence-electron chi connectivity index (χ2n) is 8.66. The zero-order valence-corrected chi connectivity index (χ0v) is 24.0. The second kappa shape index (κ2) is 11.7. The lowest BCUT2D eigenvalue weighted by molar-refractivity contribution is -0.272. The van der Waals surface area contributed by atoms with E-state index in [-0.39, 0.29) is 13.0 Å². The van der Waals surface area contributed by atoms with E-state index in [1.54, 1.807) is 43.7 Å². The van der Waals surface area contributed by atoms with Gasteiger partial charge in [0, 0.05) is 31.8 Å². The molecule has 0 aliphatic heterocycles. The molecule has 186 valence electrons. The van der Waals surface area contributed by atoms with Crippen molar-refractivity contribution in [2.75, 3.05) is 6.54 Å². The van der Waals surface area contributed by atoms with Crippen LogP contribution in [0.1, 0.15) is 45.7 Å². The third-order valence-electron chi connectivity index (χ3n) is 5.00. The smallest absolute Gasteiger partial charge is 0.373 e. The van der Waals surface area contributed by atoms with Crippen LogP contribution in [0.5, 0.6) is 0 Å². The summed E-state index contributed by atoms with van der Waals surface area (Å²) in [6.07, 6.45) is -1.13. The van der Waals surface area contributed by atoms with Crippen LogP contribution in [0.15, 0.2) is 62.2 Å². The third-order valence-corrected chi connectivity index (χ3v) is 8.35. The van der Waals surface area contributed by atoms with E-state index in [4.69, 9.17) is 4.84 Å². The summed E-state index contributed by atoms with van der Waals surface area (Å²) < 4.78 is 1.43. The Morgan fingerprint density at radius 3 is 2.06 bits per heavy atom. The van der Waals surface area contributed by atoms with E-state index in [0.717, 1.165) is 15.5 Å². The Morgan fingerprint density at radius 1 is 1.00 bits per heavy atom. The molecule has 0 fully saturated rings. The van der Waals surface area contributed by atoms with Gasteiger partial charge in [-0.2, -0.15) is 5.06 Å². The molecule has 3 rings (SSSR count). The zero-order chi connectivity index (χ0) is 25.8. The van der Waals surface area contributed by atoms with E-state index < -0.39 is 29.6 Å². The molecule has 35 heavy (non-hydrogen) atoms. The normalized spacial score (nSPS) is 12.1. The van der Waals surface area contributed by atoms with Crippen molar-refractivity contribution in [1.82, 2.24) is 9.96 Å². The van der Waals surface area contributed by atoms with Crippen LogP contribution in [0.4, 0.5) is 4.79 Å². The molecule has 11 heteroatoms. The fraction of sp³-hybridized carbons (Fsp3) is 0.292. The summed E-state index contributed by atoms with van der Waals surface area (Å²) in [7, 11) is 0. The molecule has 2 amide bonds. The fourth-order valence-electron chi connectivity index (χ4n) is 3.31. The Kier molecular flexibility index (Phi) is 9.14. The van der Waals surface area contributed by atoms with Crippen LogP contribution in [0.25, 0.3) is 0 Å². The number of nitrogens with zero attached hydrogens (tertiary/aromatic N) is 2. The summed E-state index contributed by atoms with van der Waals surface area (Å²) >= 11 is 9.03. The molecule has 2 aromatic heterocycles. The number of thiophene rings is 2. The van der Waals surface area contributed by atoms with Crippen molar-refractivity contribution in [3.63, 3.8) is 0 Å². The lowest BCUT2D eigenvalue weighted by Gasteiger charge is -2.42. The Labute approximate surface area is 228 Å². The van der Waals surface area contributed by atoms with Gasteiger partial charge in [-0.15, -0.1) is 22.7 Å². The predicted octanol–water partition coefficient (Wildman–Crippen LogP) is 5.60. The van der Waals surface area contributed by atoms with Gasteiger partial charge in [0.05, 0.1) is 10.9 Å². The number of carboxylic acid groups (broad SMARTS) is 1. The van der Waals surface area contributed by atoms with Crippen molar-refractivity contribution in [3.8, 4) is 0 Å². The minimum absolute atomic E-state index is 0.125. The van der Waals surface area contributed by atoms with Gasteiger partial charge in [-0.3, -0.25) is 4.79 Å². The Morgan fingerprint density at radius 2 is 1.57 bits per heavy atom. The fourth-order valence-corrected chi connectivity index (χ4v) is 5.96. The highest BCUT2D eigenvalue weighted by atomic mass is 79.9. The standard InChI is InChI=1S/C24H24Br2N2O5S2/c1-24(2,3)27(23(31)32)12-18(9-15-7-5-4-6-8-15)28(21(29)19-10-16(25)13-34-19)33-22(30)20-11-17(26)14-35-20/h4-8,10-11,13-14,18H,9,12H2,1-3H3,(H,31,32)/p-1. The van der Waals surface area contributed by atoms with E-state index in [9.17, 15) is 19.5 Å². The topological polar surface area (TPSA) is 90.0 Å². The average Bonchev–Trinajstić information content (AvgIpc) is 3.42. The van der Waals surface area contributed by atoms with E-state index in [0.29, 0.717) is 18.7 Å². The SMILES string of the molecule is CC(C)(C)N(CC(Cc1ccccc1)N(OC(=O)c1cc(Br)cs1)C(=O)c1cc(Br)cs1)C(=O)[O-]. The zero-order valence-electron chi connectivity index (χ0n) is 19.2. The molecule has 0 aliphatic carbocycles. The summed E-state index contributed by atoms with van der Waals surface area (Å²) in [6, 6.07) is 11.7. The van der Waals surface area contributed by atoms with Gasteiger partial charge in [0.1, 0.15) is 11.0 Å². The van der Waals surface area contributed by atoms with E-state index in [2.05, 4.69) is 31.9 Å². The molecule has 0 bridgehead atoms. The number of halogens is 2. The van der Waals surface area contributed by atoms with Crippen LogP contribution in [0.2, 0.25) is 0 Å². The van der Waals surface area contributed by atoms with E-state index >= 15 is 0 Å². The van der Waals surface area contributed by atoms with Crippen molar-refractivity contribution in [1.29, 1.82) is 0 Å². The molecule has 0 saturated carbocycles. The molecule has 0 spiro atoms. The Hall–Kier alpha value is -2.21. The molecule has 1 unspecified atom stereocenters. The number of hydroxylamine groups is 2. The first-order chi connectivity index (χ1) is 16.5. The molecule has 0 radical (unpaired) electrons. The molecule has 0 saturated heterocycles. The van der Waals surface area contributed by atoms with Gasteiger partial charge in [-0.1, -0.05) is 30.3 Å². The van der Waals surface area contributed by atoms with Crippen LogP contribution in [0, 0.1) is 0 Å². The minimum atomic E-state index is -1.38. The number of amides is 2. The highest BCUT2D eigenvalue weighted by molar-refractivity contribution is 9.10. The van der Waals surface area contributed by atoms with E-state index in [1.165, 1.54) is 22.7 Å². The van der Waals surface area contributed by atoms with E-state index in [1.807, 2.05) is 30.3 Å². The first-order valence-electron chi connectivity index (χ1n) is 10.5. The van der Waals surface area contributed by atoms with Crippen molar-refractivity contribution in [2.24, 2.45) is 0 Å². The highest BCUT2D eigenvalue weighted by Gasteiger charge is 2.34. The molecule has 1 aromatic carbocycles. The summed E-state index contributed by atoms with van der Waals surface area (Å²) in [5.41, 5.74) is 0.0432. The van der Waals surface area contributed by atoms with Gasteiger partial charge >= 0.3 is 5.97 Å². The Balaban J connectivity index is 2.04. The van der Waals surface area contributed by atoms with Crippen LogP contribution in [0.3, 0.4) is 0 Å². The third kappa shape index (κ3) is 7.39. The molecule has 2 heterocycles. The summed E-state index contributed by atoms with van der Waals surface area (Å²) in [6.45, 7) is 5.08. The number of hydrogen-bond acceptors (Lipinski definition) is 7. The monoisotopic (exact) mass is 641 g/mol. The van der Waals surface area contributed by atoms with Gasteiger partial charge in [-0.05, 0) is 76.7 Å². The number of benzene rings is 1. The highest BCUT2D eigenvalue weighted by Crippen LogP contribution is 2.26. The van der Waals surface area contributed by atoms with Crippen molar-refractivity contribution in [2.45, 2.75) is 38.8 Å². The van der Waals surface area contributed by atoms with Crippen LogP contribution < -0.4 is 5.11 Å². The summed E-state index contributed by atoms with van der Waals surface area (Å²) in [5.74, 6) is -1.25. The van der Waals surface area contributed by atoms with Crippen LogP contribution >= 0.6 is 54.5 Å². The molecule has 3 aromatic rings. The molecule has 7 nitrogen and oxygen atoms in total. The molecular formula is C24H23Br2N2O5S2-. The Bertz CT molecular complexity index is 1190. The lowest BCUT2D eigenvalue weighted by atomic mass is 10.0. The predicted molar refractivity (Wildman–Crippen MR) is 141 cm³/mol. The molecule has 0 aliphatic rings. The second-order valence-corrected chi connectivity index (χ2v) is 12.3. The van der Waals surface area contributed by atoms with Crippen molar-refractivity contribution < 1.29 is 24.3 Å². The molecule has 1 atom stereocenters. The van der Waals surface area contributed by atoms with Gasteiger partial charge < -0.3 is 19.6 Å². The molecular weight excluding hydrogens is 620 g/mol. The first-order valence-corrected chi connectivity index (χ1v) is 13.9. The minimum Gasteiger partial charge on any atom is -0.530 e. The number of carbonyl (C=O) groups is 3. The van der Waals surface area contributed by atoms with Gasteiger partial charge in [0.25, 0.3) is 5.91 Å². The largest absolute Gasteiger partial charge is 0.530 e. The maximum absolute atomic E-state index is 13.6. The lowest BCUT2D eigenvalue weighted by Crippen LogP contribution is -2.58. The van der Waals surface area contributed by atoms with Crippen LogP contribution in [-0.2, 0) is 11.3 Å². The van der Waals surface area contributed by atoms with Crippen LogP contribution in [-0.4, -0.2) is 46.1 Å². The van der Waals surface area contributed by atoms with Gasteiger partial charge in [-0.25, -0.2) is 4.79 Å². The van der Waals surface area contributed by atoms with Crippen molar-refractivity contribution in [3.05, 3.63) is 77.5 Å². The molecule has 0 N–H and O–H groups in total. The summed E-state index contributed by atoms with van der Waals surface area (Å²) in [5, 5.41) is 16.5. The quantitative estimate of drug-likeness (QED) is 0.313. The average molecular weight is 643 g/mol. The maximum Gasteiger partial charge on any atom is 0.373 e. The van der Waals surface area contributed by atoms with Gasteiger partial charge in [0.15, 0.2) is 0 Å². The maximum atomic E-state index is 13.6. The first kappa shape index (κ1) is 27.4. The van der Waals surface area contributed by atoms with Crippen molar-refractivity contribution >= 4 is 72.5 Å². The number of rotatable bonds is 7. The summed E-state index contributed by atoms with van der Waals surface area (Å²) in [4.78, 5) is 46.1. The number of hydrogen-bond donors (Lipinski definition) is 0.